The molecule has 0 amide bonds. The quantitative estimate of drug-likeness (QED) is 0.713. The van der Waals surface area contributed by atoms with Crippen LogP contribution in [-0.2, 0) is 0 Å². The number of hydrogen-bond donors (Lipinski definition) is 1. The Hall–Kier alpha value is -0.0800. The number of fused-ring (bicyclic) bond motifs is 2. The molecule has 0 aliphatic carbocycles. The summed E-state index contributed by atoms with van der Waals surface area (Å²) < 4.78 is 0. The van der Waals surface area contributed by atoms with Crippen LogP contribution in [0.3, 0.4) is 0 Å². The summed E-state index contributed by atoms with van der Waals surface area (Å²) in [5, 5.41) is 3.70. The van der Waals surface area contributed by atoms with Gasteiger partial charge in [-0.25, -0.2) is 0 Å². The average Bonchev–Trinajstić information content (AvgIpc) is 2.48. The summed E-state index contributed by atoms with van der Waals surface area (Å²) in [6.45, 7) is 7.02. The fraction of sp³-hybridized carbons (Fsp3) is 1.00. The van der Waals surface area contributed by atoms with Crippen LogP contribution in [0.1, 0.15) is 39.5 Å². The summed E-state index contributed by atoms with van der Waals surface area (Å²) >= 11 is 0. The molecule has 1 N–H and O–H groups in total. The summed E-state index contributed by atoms with van der Waals surface area (Å²) in [4.78, 5) is 2.63. The van der Waals surface area contributed by atoms with E-state index in [0.717, 1.165) is 18.1 Å². The Morgan fingerprint density at radius 3 is 2.08 bits per heavy atom. The fourth-order valence-electron chi connectivity index (χ4n) is 3.07. The van der Waals surface area contributed by atoms with Gasteiger partial charge in [-0.2, -0.15) is 0 Å². The smallest absolute Gasteiger partial charge is 0.0125 e. The highest BCUT2D eigenvalue weighted by molar-refractivity contribution is 4.95. The van der Waals surface area contributed by atoms with Crippen LogP contribution in [0.5, 0.6) is 0 Å². The molecule has 0 radical (unpaired) electrons. The molecule has 2 bridgehead atoms. The Morgan fingerprint density at radius 1 is 1.08 bits per heavy atom. The monoisotopic (exact) mass is 182 g/mol. The van der Waals surface area contributed by atoms with Gasteiger partial charge in [0.2, 0.25) is 0 Å². The number of rotatable bonds is 3. The van der Waals surface area contributed by atoms with E-state index in [-0.39, 0.29) is 0 Å². The molecule has 2 heterocycles. The molecule has 0 spiro atoms. The molecule has 2 rings (SSSR count). The lowest BCUT2D eigenvalue weighted by atomic mass is 9.98. The van der Waals surface area contributed by atoms with E-state index in [1.165, 1.54) is 38.8 Å². The second-order valence-electron chi connectivity index (χ2n) is 4.48. The van der Waals surface area contributed by atoms with E-state index in [4.69, 9.17) is 0 Å². The predicted molar refractivity (Wildman–Crippen MR) is 55.9 cm³/mol. The summed E-state index contributed by atoms with van der Waals surface area (Å²) in [5.41, 5.74) is 0. The topological polar surface area (TPSA) is 15.3 Å². The maximum Gasteiger partial charge on any atom is 0.0125 e. The van der Waals surface area contributed by atoms with Crippen LogP contribution in [0.2, 0.25) is 0 Å². The van der Waals surface area contributed by atoms with Crippen molar-refractivity contribution >= 4 is 0 Å². The van der Waals surface area contributed by atoms with Crippen LogP contribution in [0.25, 0.3) is 0 Å². The van der Waals surface area contributed by atoms with Gasteiger partial charge in [0.1, 0.15) is 0 Å². The minimum atomic E-state index is 0.837. The second kappa shape index (κ2) is 3.97. The van der Waals surface area contributed by atoms with Gasteiger partial charge in [0, 0.05) is 18.1 Å². The fourth-order valence-corrected chi connectivity index (χ4v) is 3.07. The maximum atomic E-state index is 3.70. The number of nitrogens with zero attached hydrogens (tertiary/aromatic N) is 1. The van der Waals surface area contributed by atoms with Crippen LogP contribution in [0, 0.1) is 0 Å². The first kappa shape index (κ1) is 9.47. The van der Waals surface area contributed by atoms with Crippen molar-refractivity contribution in [2.75, 3.05) is 13.1 Å². The largest absolute Gasteiger partial charge is 0.311 e. The zero-order valence-corrected chi connectivity index (χ0v) is 8.92. The van der Waals surface area contributed by atoms with Crippen molar-refractivity contribution in [3.63, 3.8) is 0 Å². The standard InChI is InChI=1S/C11H22N2/c1-3-13(4-2)11-7-9-5-6-10(8-11)12-9/h9-12H,3-8H2,1-2H3/t9-,10-/m1/s1. The van der Waals surface area contributed by atoms with E-state index in [2.05, 4.69) is 24.1 Å². The molecule has 0 aromatic heterocycles. The zero-order chi connectivity index (χ0) is 9.26. The predicted octanol–water partition coefficient (Wildman–Crippen LogP) is 1.61. The van der Waals surface area contributed by atoms with Crippen LogP contribution in [0.15, 0.2) is 0 Å². The first-order chi connectivity index (χ1) is 6.33. The lowest BCUT2D eigenvalue weighted by Gasteiger charge is -2.36. The molecule has 0 saturated carbocycles. The molecule has 2 fully saturated rings. The van der Waals surface area contributed by atoms with E-state index < -0.39 is 0 Å². The average molecular weight is 182 g/mol. The van der Waals surface area contributed by atoms with E-state index in [1.807, 2.05) is 0 Å². The summed E-state index contributed by atoms with van der Waals surface area (Å²) in [7, 11) is 0. The third-order valence-electron chi connectivity index (χ3n) is 3.78. The Morgan fingerprint density at radius 2 is 1.62 bits per heavy atom. The molecule has 2 aliphatic heterocycles. The minimum Gasteiger partial charge on any atom is -0.311 e. The molecular weight excluding hydrogens is 160 g/mol. The van der Waals surface area contributed by atoms with E-state index >= 15 is 0 Å². The highest BCUT2D eigenvalue weighted by atomic mass is 15.2. The first-order valence-electron chi connectivity index (χ1n) is 5.83. The highest BCUT2D eigenvalue weighted by Crippen LogP contribution is 2.29. The molecule has 0 aromatic rings. The first-order valence-corrected chi connectivity index (χ1v) is 5.83. The van der Waals surface area contributed by atoms with Crippen molar-refractivity contribution in [3.05, 3.63) is 0 Å². The summed E-state index contributed by atoms with van der Waals surface area (Å²) in [6.07, 6.45) is 5.61. The van der Waals surface area contributed by atoms with Crippen molar-refractivity contribution in [2.45, 2.75) is 57.7 Å². The molecule has 13 heavy (non-hydrogen) atoms. The van der Waals surface area contributed by atoms with Gasteiger partial charge in [-0.3, -0.25) is 0 Å². The summed E-state index contributed by atoms with van der Waals surface area (Å²) in [5.74, 6) is 0. The lowest BCUT2D eigenvalue weighted by molar-refractivity contribution is 0.155. The molecule has 0 aromatic carbocycles. The summed E-state index contributed by atoms with van der Waals surface area (Å²) in [6, 6.07) is 2.54. The van der Waals surface area contributed by atoms with Crippen LogP contribution in [0.4, 0.5) is 0 Å². The molecular formula is C11H22N2. The molecule has 0 unspecified atom stereocenters. The Bertz CT molecular complexity index is 153. The van der Waals surface area contributed by atoms with Crippen molar-refractivity contribution in [3.8, 4) is 0 Å². The molecule has 2 atom stereocenters. The molecule has 76 valence electrons. The van der Waals surface area contributed by atoms with E-state index in [1.54, 1.807) is 0 Å². The van der Waals surface area contributed by atoms with Crippen molar-refractivity contribution < 1.29 is 0 Å². The van der Waals surface area contributed by atoms with Gasteiger partial charge in [-0.05, 0) is 38.8 Å². The second-order valence-corrected chi connectivity index (χ2v) is 4.48. The van der Waals surface area contributed by atoms with Gasteiger partial charge in [0.15, 0.2) is 0 Å². The van der Waals surface area contributed by atoms with Crippen LogP contribution in [-0.4, -0.2) is 36.1 Å². The van der Waals surface area contributed by atoms with Gasteiger partial charge in [-0.15, -0.1) is 0 Å². The molecule has 2 saturated heterocycles. The third-order valence-corrected chi connectivity index (χ3v) is 3.78. The molecule has 2 aliphatic rings. The SMILES string of the molecule is CCN(CC)C1C[C@H]2CC[C@H](C1)N2. The molecule has 2 nitrogen and oxygen atoms in total. The Balaban J connectivity index is 1.93. The Labute approximate surface area is 81.7 Å². The minimum absolute atomic E-state index is 0.837. The van der Waals surface area contributed by atoms with Gasteiger partial charge in [0.05, 0.1) is 0 Å². The van der Waals surface area contributed by atoms with Crippen LogP contribution < -0.4 is 5.32 Å². The number of piperidine rings is 1. The van der Waals surface area contributed by atoms with Gasteiger partial charge in [-0.1, -0.05) is 13.8 Å². The maximum absolute atomic E-state index is 3.70. The normalized spacial score (nSPS) is 38.5. The Kier molecular flexibility index (Phi) is 2.89. The van der Waals surface area contributed by atoms with Crippen molar-refractivity contribution in [2.24, 2.45) is 0 Å². The van der Waals surface area contributed by atoms with Gasteiger partial charge >= 0.3 is 0 Å². The zero-order valence-electron chi connectivity index (χ0n) is 8.92. The number of nitrogens with one attached hydrogen (secondary N) is 1. The van der Waals surface area contributed by atoms with E-state index in [9.17, 15) is 0 Å². The lowest BCUT2D eigenvalue weighted by Crippen LogP contribution is -2.48. The van der Waals surface area contributed by atoms with Gasteiger partial charge < -0.3 is 10.2 Å². The van der Waals surface area contributed by atoms with Crippen molar-refractivity contribution in [1.82, 2.24) is 10.2 Å². The highest BCUT2D eigenvalue weighted by Gasteiger charge is 2.34. The molecule has 2 heteroatoms. The van der Waals surface area contributed by atoms with Gasteiger partial charge in [0.25, 0.3) is 0 Å². The van der Waals surface area contributed by atoms with Crippen LogP contribution >= 0.6 is 0 Å². The van der Waals surface area contributed by atoms with Crippen molar-refractivity contribution in [1.29, 1.82) is 0 Å². The number of hydrogen-bond acceptors (Lipinski definition) is 2. The third kappa shape index (κ3) is 1.89. The van der Waals surface area contributed by atoms with E-state index in [0.29, 0.717) is 0 Å².